The maximum absolute atomic E-state index is 10.3. The standard InChI is InChI=1S/C6H11NO/c1-3-4-6(7)5(2)8/h6H,3-4H2,1-2H3. The summed E-state index contributed by atoms with van der Waals surface area (Å²) >= 11 is 0. The molecule has 0 heterocycles. The van der Waals surface area contributed by atoms with E-state index >= 15 is 0 Å². The molecule has 1 unspecified atom stereocenters. The molecule has 0 aromatic rings. The van der Waals surface area contributed by atoms with Gasteiger partial charge in [0.05, 0.1) is 0 Å². The van der Waals surface area contributed by atoms with Crippen LogP contribution in [-0.2, 0) is 4.79 Å². The lowest BCUT2D eigenvalue weighted by Gasteiger charge is -1.99. The number of Topliss-reactive ketones (excluding diaryl/α,β-unsaturated/α-hetero) is 1. The second-order valence-electron chi connectivity index (χ2n) is 1.92. The Morgan fingerprint density at radius 3 is 2.38 bits per heavy atom. The van der Waals surface area contributed by atoms with Crippen LogP contribution in [0.1, 0.15) is 26.7 Å². The van der Waals surface area contributed by atoms with Crippen LogP contribution in [0.15, 0.2) is 0 Å². The fourth-order valence-corrected chi connectivity index (χ4v) is 0.477. The SMILES string of the molecule is CCCC([N])C(C)=O. The molecule has 0 N–H and O–H groups in total. The first-order valence-electron chi connectivity index (χ1n) is 2.87. The van der Waals surface area contributed by atoms with Crippen LogP contribution in [0.3, 0.4) is 0 Å². The van der Waals surface area contributed by atoms with Gasteiger partial charge in [0.2, 0.25) is 0 Å². The summed E-state index contributed by atoms with van der Waals surface area (Å²) in [6.45, 7) is 3.34. The summed E-state index contributed by atoms with van der Waals surface area (Å²) < 4.78 is 0. The highest BCUT2D eigenvalue weighted by molar-refractivity contribution is 5.80. The number of carbonyl (C=O) groups is 1. The Morgan fingerprint density at radius 2 is 2.25 bits per heavy atom. The number of ketones is 1. The lowest BCUT2D eigenvalue weighted by Crippen LogP contribution is -2.17. The molecule has 0 saturated heterocycles. The smallest absolute Gasteiger partial charge is 0.149 e. The van der Waals surface area contributed by atoms with Crippen molar-refractivity contribution in [1.82, 2.24) is 5.73 Å². The van der Waals surface area contributed by atoms with Gasteiger partial charge in [0, 0.05) is 0 Å². The Morgan fingerprint density at radius 1 is 1.75 bits per heavy atom. The molecular weight excluding hydrogens is 102 g/mol. The highest BCUT2D eigenvalue weighted by Crippen LogP contribution is 1.94. The number of carbonyl (C=O) groups excluding carboxylic acids is 1. The normalized spacial score (nSPS) is 13.4. The Kier molecular flexibility index (Phi) is 3.44. The molecule has 46 valence electrons. The molecule has 0 aliphatic rings. The summed E-state index contributed by atoms with van der Waals surface area (Å²) in [7, 11) is 0. The molecule has 0 aromatic heterocycles. The van der Waals surface area contributed by atoms with Crippen LogP contribution in [0.4, 0.5) is 0 Å². The van der Waals surface area contributed by atoms with Gasteiger partial charge in [-0.15, -0.1) is 5.73 Å². The number of hydrogen-bond donors (Lipinski definition) is 0. The van der Waals surface area contributed by atoms with Gasteiger partial charge < -0.3 is 0 Å². The van der Waals surface area contributed by atoms with Crippen molar-refractivity contribution in [3.05, 3.63) is 0 Å². The molecule has 2 nitrogen and oxygen atoms in total. The first kappa shape index (κ1) is 7.63. The minimum atomic E-state index is -0.722. The third-order valence-electron chi connectivity index (χ3n) is 1.03. The van der Waals surface area contributed by atoms with E-state index in [2.05, 4.69) is 0 Å². The van der Waals surface area contributed by atoms with Crippen molar-refractivity contribution in [1.29, 1.82) is 0 Å². The van der Waals surface area contributed by atoms with Crippen molar-refractivity contribution < 1.29 is 4.79 Å². The van der Waals surface area contributed by atoms with Gasteiger partial charge in [0.25, 0.3) is 0 Å². The Bertz CT molecular complexity index is 80.6. The maximum atomic E-state index is 10.3. The highest BCUT2D eigenvalue weighted by Gasteiger charge is 2.06. The van der Waals surface area contributed by atoms with E-state index in [9.17, 15) is 4.79 Å². The zero-order valence-corrected chi connectivity index (χ0v) is 5.35. The summed E-state index contributed by atoms with van der Waals surface area (Å²) in [5.41, 5.74) is 8.78. The Hall–Kier alpha value is -0.370. The molecule has 0 bridgehead atoms. The largest absolute Gasteiger partial charge is 0.298 e. The van der Waals surface area contributed by atoms with Crippen molar-refractivity contribution in [2.75, 3.05) is 0 Å². The minimum absolute atomic E-state index is 0.133. The molecule has 0 aliphatic heterocycles. The average Bonchev–Trinajstić information content (AvgIpc) is 1.67. The lowest BCUT2D eigenvalue weighted by molar-refractivity contribution is -0.118. The first-order valence-corrected chi connectivity index (χ1v) is 2.87. The molecule has 2 heteroatoms. The molecule has 0 spiro atoms. The molecule has 0 saturated carbocycles. The van der Waals surface area contributed by atoms with Gasteiger partial charge in [0.15, 0.2) is 0 Å². The summed E-state index contributed by atoms with van der Waals surface area (Å²) in [6, 6.07) is -0.722. The predicted molar refractivity (Wildman–Crippen MR) is 31.5 cm³/mol. The zero-order valence-electron chi connectivity index (χ0n) is 5.35. The van der Waals surface area contributed by atoms with Crippen molar-refractivity contribution in [3.8, 4) is 0 Å². The number of nitrogens with zero attached hydrogens (tertiary/aromatic N) is 1. The van der Waals surface area contributed by atoms with Crippen LogP contribution >= 0.6 is 0 Å². The Labute approximate surface area is 50.1 Å². The monoisotopic (exact) mass is 113 g/mol. The van der Waals surface area contributed by atoms with E-state index in [0.29, 0.717) is 6.42 Å². The third kappa shape index (κ3) is 2.75. The Balaban J connectivity index is 3.32. The number of rotatable bonds is 3. The molecule has 0 rings (SSSR count). The topological polar surface area (TPSA) is 39.4 Å². The van der Waals surface area contributed by atoms with Gasteiger partial charge in [-0.2, -0.15) is 0 Å². The van der Waals surface area contributed by atoms with Crippen molar-refractivity contribution in [2.45, 2.75) is 32.7 Å². The average molecular weight is 113 g/mol. The number of hydrogen-bond acceptors (Lipinski definition) is 1. The molecular formula is C6H11NO. The fraction of sp³-hybridized carbons (Fsp3) is 0.833. The molecule has 1 atom stereocenters. The summed E-state index contributed by atoms with van der Waals surface area (Å²) in [6.07, 6.45) is 1.45. The molecule has 0 aliphatic carbocycles. The predicted octanol–water partition coefficient (Wildman–Crippen LogP) is 0.813. The van der Waals surface area contributed by atoms with Gasteiger partial charge in [-0.1, -0.05) is 13.3 Å². The lowest BCUT2D eigenvalue weighted by atomic mass is 10.1. The summed E-state index contributed by atoms with van der Waals surface area (Å²) in [5, 5.41) is 0. The van der Waals surface area contributed by atoms with E-state index in [-0.39, 0.29) is 5.78 Å². The molecule has 8 heavy (non-hydrogen) atoms. The van der Waals surface area contributed by atoms with E-state index in [4.69, 9.17) is 5.73 Å². The van der Waals surface area contributed by atoms with Gasteiger partial charge in [-0.05, 0) is 13.3 Å². The van der Waals surface area contributed by atoms with E-state index in [0.717, 1.165) is 6.42 Å². The molecule has 0 aromatic carbocycles. The van der Waals surface area contributed by atoms with Gasteiger partial charge >= 0.3 is 0 Å². The molecule has 2 radical (unpaired) electrons. The van der Waals surface area contributed by atoms with Crippen molar-refractivity contribution in [2.24, 2.45) is 0 Å². The molecule has 0 amide bonds. The second kappa shape index (κ2) is 3.61. The van der Waals surface area contributed by atoms with Crippen LogP contribution in [0.5, 0.6) is 0 Å². The zero-order chi connectivity index (χ0) is 6.57. The maximum Gasteiger partial charge on any atom is 0.149 e. The van der Waals surface area contributed by atoms with E-state index in [1.165, 1.54) is 6.92 Å². The minimum Gasteiger partial charge on any atom is -0.298 e. The van der Waals surface area contributed by atoms with Crippen LogP contribution < -0.4 is 5.73 Å². The van der Waals surface area contributed by atoms with Gasteiger partial charge in [0.1, 0.15) is 11.8 Å². The second-order valence-corrected chi connectivity index (χ2v) is 1.92. The van der Waals surface area contributed by atoms with Gasteiger partial charge in [-0.3, -0.25) is 4.79 Å². The van der Waals surface area contributed by atoms with Gasteiger partial charge in [-0.25, -0.2) is 0 Å². The quantitative estimate of drug-likeness (QED) is 0.534. The summed E-state index contributed by atoms with van der Waals surface area (Å²) in [4.78, 5) is 10.3. The van der Waals surface area contributed by atoms with Crippen LogP contribution in [-0.4, -0.2) is 11.8 Å². The van der Waals surface area contributed by atoms with E-state index < -0.39 is 6.04 Å². The third-order valence-corrected chi connectivity index (χ3v) is 1.03. The van der Waals surface area contributed by atoms with E-state index in [1.807, 2.05) is 6.92 Å². The van der Waals surface area contributed by atoms with Crippen molar-refractivity contribution in [3.63, 3.8) is 0 Å². The highest BCUT2D eigenvalue weighted by atomic mass is 16.1. The molecule has 0 fully saturated rings. The fourth-order valence-electron chi connectivity index (χ4n) is 0.477. The van der Waals surface area contributed by atoms with Crippen molar-refractivity contribution >= 4 is 5.78 Å². The van der Waals surface area contributed by atoms with Crippen LogP contribution in [0.2, 0.25) is 0 Å². The van der Waals surface area contributed by atoms with Crippen LogP contribution in [0.25, 0.3) is 0 Å². The first-order chi connectivity index (χ1) is 3.68. The van der Waals surface area contributed by atoms with E-state index in [1.54, 1.807) is 0 Å². The van der Waals surface area contributed by atoms with Crippen LogP contribution in [0, 0.1) is 0 Å². The summed E-state index contributed by atoms with van der Waals surface area (Å²) in [5.74, 6) is -0.133.